The van der Waals surface area contributed by atoms with Crippen molar-refractivity contribution in [3.8, 4) is 0 Å². The van der Waals surface area contributed by atoms with Crippen molar-refractivity contribution in [3.63, 3.8) is 0 Å². The fourth-order valence-electron chi connectivity index (χ4n) is 2.65. The first-order chi connectivity index (χ1) is 10.1. The lowest BCUT2D eigenvalue weighted by atomic mass is 10.2. The zero-order chi connectivity index (χ0) is 14.8. The lowest BCUT2D eigenvalue weighted by Gasteiger charge is -2.23. The highest BCUT2D eigenvalue weighted by atomic mass is 15.3. The zero-order valence-corrected chi connectivity index (χ0v) is 13.6. The molecule has 2 fully saturated rings. The van der Waals surface area contributed by atoms with Gasteiger partial charge in [0.1, 0.15) is 0 Å². The average Bonchev–Trinajstić information content (AvgIpc) is 3.31. The lowest BCUT2D eigenvalue weighted by Crippen LogP contribution is -2.30. The molecule has 1 aromatic rings. The molecule has 2 aliphatic rings. The van der Waals surface area contributed by atoms with E-state index < -0.39 is 0 Å². The summed E-state index contributed by atoms with van der Waals surface area (Å²) in [6.07, 6.45) is 7.42. The van der Waals surface area contributed by atoms with Crippen molar-refractivity contribution in [2.75, 3.05) is 18.0 Å². The fraction of sp³-hybridized carbons (Fsp3) is 0.765. The van der Waals surface area contributed by atoms with Crippen LogP contribution >= 0.6 is 0 Å². The molecular formula is C17H28N4. The van der Waals surface area contributed by atoms with E-state index in [-0.39, 0.29) is 0 Å². The van der Waals surface area contributed by atoms with Crippen molar-refractivity contribution < 1.29 is 0 Å². The molecule has 4 nitrogen and oxygen atoms in total. The molecular weight excluding hydrogens is 260 g/mol. The van der Waals surface area contributed by atoms with E-state index in [9.17, 15) is 0 Å². The average molecular weight is 288 g/mol. The van der Waals surface area contributed by atoms with Gasteiger partial charge in [-0.3, -0.25) is 0 Å². The molecule has 2 saturated carbocycles. The van der Waals surface area contributed by atoms with Crippen LogP contribution in [0.4, 0.5) is 5.95 Å². The molecule has 0 spiro atoms. The molecule has 0 amide bonds. The first kappa shape index (κ1) is 14.8. The summed E-state index contributed by atoms with van der Waals surface area (Å²) in [4.78, 5) is 11.9. The Morgan fingerprint density at radius 2 is 2.05 bits per heavy atom. The highest BCUT2D eigenvalue weighted by Gasteiger charge is 2.35. The highest BCUT2D eigenvalue weighted by Crippen LogP contribution is 2.36. The lowest BCUT2D eigenvalue weighted by molar-refractivity contribution is 0.550. The van der Waals surface area contributed by atoms with E-state index in [1.165, 1.54) is 31.2 Å². The van der Waals surface area contributed by atoms with Crippen molar-refractivity contribution in [2.24, 2.45) is 11.8 Å². The molecule has 1 aromatic heterocycles. The third kappa shape index (κ3) is 4.16. The van der Waals surface area contributed by atoms with E-state index in [1.807, 2.05) is 6.20 Å². The molecule has 116 valence electrons. The van der Waals surface area contributed by atoms with Gasteiger partial charge >= 0.3 is 0 Å². The molecule has 1 N–H and O–H groups in total. The Labute approximate surface area is 128 Å². The third-order valence-electron chi connectivity index (χ3n) is 4.33. The van der Waals surface area contributed by atoms with Gasteiger partial charge in [-0.05, 0) is 51.0 Å². The van der Waals surface area contributed by atoms with E-state index in [4.69, 9.17) is 4.98 Å². The number of nitrogens with zero attached hydrogens (tertiary/aromatic N) is 3. The van der Waals surface area contributed by atoms with Gasteiger partial charge in [0.15, 0.2) is 0 Å². The minimum Gasteiger partial charge on any atom is -0.338 e. The topological polar surface area (TPSA) is 41.1 Å². The summed E-state index contributed by atoms with van der Waals surface area (Å²) in [5.74, 6) is 2.52. The minimum atomic E-state index is 0.675. The van der Waals surface area contributed by atoms with Crippen LogP contribution in [-0.4, -0.2) is 29.1 Å². The van der Waals surface area contributed by atoms with Crippen LogP contribution in [0.5, 0.6) is 0 Å². The second-order valence-corrected chi connectivity index (χ2v) is 7.13. The van der Waals surface area contributed by atoms with E-state index in [1.54, 1.807) is 0 Å². The van der Waals surface area contributed by atoms with Crippen LogP contribution in [0.3, 0.4) is 0 Å². The maximum Gasteiger partial charge on any atom is 0.225 e. The van der Waals surface area contributed by atoms with Crippen molar-refractivity contribution in [2.45, 2.75) is 59.0 Å². The SMILES string of the molecule is Cc1nc(N(CC2CC2)C2CC2)ncc1CNCC(C)C. The van der Waals surface area contributed by atoms with Gasteiger partial charge in [0.05, 0.1) is 0 Å². The standard InChI is InChI=1S/C17H28N4/c1-12(2)8-18-9-15-10-19-17(20-13(15)3)21(16-6-7-16)11-14-4-5-14/h10,12,14,16,18H,4-9,11H2,1-3H3. The van der Waals surface area contributed by atoms with Gasteiger partial charge in [0.2, 0.25) is 5.95 Å². The second kappa shape index (κ2) is 6.30. The summed E-state index contributed by atoms with van der Waals surface area (Å²) in [5.41, 5.74) is 2.35. The summed E-state index contributed by atoms with van der Waals surface area (Å²) >= 11 is 0. The quantitative estimate of drug-likeness (QED) is 0.798. The molecule has 0 unspecified atom stereocenters. The molecule has 2 aliphatic carbocycles. The van der Waals surface area contributed by atoms with Crippen LogP contribution in [-0.2, 0) is 6.54 Å². The van der Waals surface area contributed by atoms with Crippen LogP contribution in [0, 0.1) is 18.8 Å². The fourth-order valence-corrected chi connectivity index (χ4v) is 2.65. The number of hydrogen-bond donors (Lipinski definition) is 1. The summed E-state index contributed by atoms with van der Waals surface area (Å²) in [5, 5.41) is 3.47. The summed E-state index contributed by atoms with van der Waals surface area (Å²) in [7, 11) is 0. The Bertz CT molecular complexity index is 478. The molecule has 0 saturated heterocycles. The summed E-state index contributed by atoms with van der Waals surface area (Å²) in [6, 6.07) is 0.704. The number of aromatic nitrogens is 2. The molecule has 0 bridgehead atoms. The van der Waals surface area contributed by atoms with E-state index in [0.717, 1.165) is 37.2 Å². The van der Waals surface area contributed by atoms with Crippen LogP contribution in [0.25, 0.3) is 0 Å². The first-order valence-electron chi connectivity index (χ1n) is 8.43. The van der Waals surface area contributed by atoms with E-state index in [2.05, 4.69) is 36.0 Å². The molecule has 0 aliphatic heterocycles. The number of anilines is 1. The predicted octanol–water partition coefficient (Wildman–Crippen LogP) is 2.91. The molecule has 3 rings (SSSR count). The second-order valence-electron chi connectivity index (χ2n) is 7.13. The first-order valence-corrected chi connectivity index (χ1v) is 8.43. The van der Waals surface area contributed by atoms with Gasteiger partial charge < -0.3 is 10.2 Å². The van der Waals surface area contributed by atoms with Gasteiger partial charge in [-0.25, -0.2) is 9.97 Å². The third-order valence-corrected chi connectivity index (χ3v) is 4.33. The van der Waals surface area contributed by atoms with Crippen LogP contribution in [0.1, 0.15) is 50.8 Å². The molecule has 0 radical (unpaired) electrons. The Morgan fingerprint density at radius 3 is 2.62 bits per heavy atom. The smallest absolute Gasteiger partial charge is 0.225 e. The monoisotopic (exact) mass is 288 g/mol. The van der Waals surface area contributed by atoms with Crippen molar-refractivity contribution in [3.05, 3.63) is 17.5 Å². The maximum atomic E-state index is 4.79. The molecule has 21 heavy (non-hydrogen) atoms. The number of hydrogen-bond acceptors (Lipinski definition) is 4. The van der Waals surface area contributed by atoms with Crippen molar-refractivity contribution in [1.29, 1.82) is 0 Å². The van der Waals surface area contributed by atoms with Gasteiger partial charge in [-0.1, -0.05) is 13.8 Å². The van der Waals surface area contributed by atoms with Crippen LogP contribution < -0.4 is 10.2 Å². The summed E-state index contributed by atoms with van der Waals surface area (Å²) < 4.78 is 0. The van der Waals surface area contributed by atoms with Crippen molar-refractivity contribution >= 4 is 5.95 Å². The van der Waals surface area contributed by atoms with Crippen LogP contribution in [0.2, 0.25) is 0 Å². The van der Waals surface area contributed by atoms with Crippen molar-refractivity contribution in [1.82, 2.24) is 15.3 Å². The molecule has 4 heteroatoms. The highest BCUT2D eigenvalue weighted by molar-refractivity contribution is 5.36. The molecule has 0 atom stereocenters. The van der Waals surface area contributed by atoms with Gasteiger partial charge in [0, 0.05) is 36.6 Å². The van der Waals surface area contributed by atoms with Gasteiger partial charge in [0.25, 0.3) is 0 Å². The zero-order valence-electron chi connectivity index (χ0n) is 13.6. The summed E-state index contributed by atoms with van der Waals surface area (Å²) in [6.45, 7) is 9.64. The Kier molecular flexibility index (Phi) is 4.43. The normalized spacial score (nSPS) is 18.3. The van der Waals surface area contributed by atoms with Gasteiger partial charge in [-0.15, -0.1) is 0 Å². The maximum absolute atomic E-state index is 4.79. The Balaban J connectivity index is 1.64. The minimum absolute atomic E-state index is 0.675. The van der Waals surface area contributed by atoms with E-state index in [0.29, 0.717) is 12.0 Å². The number of nitrogens with one attached hydrogen (secondary N) is 1. The molecule has 1 heterocycles. The van der Waals surface area contributed by atoms with Gasteiger partial charge in [-0.2, -0.15) is 0 Å². The largest absolute Gasteiger partial charge is 0.338 e. The predicted molar refractivity (Wildman–Crippen MR) is 86.4 cm³/mol. The molecule has 0 aromatic carbocycles. The Hall–Kier alpha value is -1.16. The van der Waals surface area contributed by atoms with Crippen LogP contribution in [0.15, 0.2) is 6.20 Å². The van der Waals surface area contributed by atoms with E-state index >= 15 is 0 Å². The Morgan fingerprint density at radius 1 is 1.29 bits per heavy atom. The number of aryl methyl sites for hydroxylation is 1. The number of rotatable bonds is 8.